The van der Waals surface area contributed by atoms with Crippen LogP contribution in [0.15, 0.2) is 0 Å². The largest absolute Gasteiger partial charge is 0.299 e. The quantitative estimate of drug-likeness (QED) is 0.734. The van der Waals surface area contributed by atoms with Crippen molar-refractivity contribution in [2.24, 2.45) is 5.41 Å². The molecule has 100 valence electrons. The third-order valence-corrected chi connectivity index (χ3v) is 4.40. The van der Waals surface area contributed by atoms with E-state index in [1.807, 2.05) is 0 Å². The summed E-state index contributed by atoms with van der Waals surface area (Å²) in [5.74, 6) is 0. The van der Waals surface area contributed by atoms with Crippen LogP contribution in [-0.2, 0) is 0 Å². The topological polar surface area (TPSA) is 6.48 Å². The van der Waals surface area contributed by atoms with E-state index < -0.39 is 6.17 Å². The first kappa shape index (κ1) is 13.3. The van der Waals surface area contributed by atoms with Gasteiger partial charge >= 0.3 is 0 Å². The Morgan fingerprint density at radius 3 is 2.12 bits per heavy atom. The van der Waals surface area contributed by atoms with Crippen LogP contribution in [0.25, 0.3) is 0 Å². The number of nitrogens with zero attached hydrogens (tertiary/aromatic N) is 2. The van der Waals surface area contributed by atoms with Crippen LogP contribution in [0.4, 0.5) is 4.39 Å². The normalized spacial score (nSPS) is 28.1. The van der Waals surface area contributed by atoms with Crippen LogP contribution in [-0.4, -0.2) is 54.2 Å². The van der Waals surface area contributed by atoms with Gasteiger partial charge in [-0.25, -0.2) is 4.39 Å². The van der Waals surface area contributed by atoms with E-state index in [1.165, 1.54) is 25.9 Å². The molecule has 0 amide bonds. The molecule has 2 rings (SSSR count). The fourth-order valence-corrected chi connectivity index (χ4v) is 3.36. The zero-order valence-electron chi connectivity index (χ0n) is 11.8. The standard InChI is InChI=1S/C14H27FN2/c1-12(15)9-16-10-14(11-16)5-7-17(8-6-14)13(2,3)4/h12H,5-11H2,1-4H3. The van der Waals surface area contributed by atoms with Gasteiger partial charge in [-0.2, -0.15) is 0 Å². The van der Waals surface area contributed by atoms with Gasteiger partial charge in [0.05, 0.1) is 0 Å². The SMILES string of the molecule is CC(F)CN1CC2(CCN(C(C)(C)C)CC2)C1. The van der Waals surface area contributed by atoms with E-state index in [2.05, 4.69) is 30.6 Å². The summed E-state index contributed by atoms with van der Waals surface area (Å²) in [5.41, 5.74) is 0.829. The number of rotatable bonds is 2. The maximum atomic E-state index is 12.9. The van der Waals surface area contributed by atoms with Crippen molar-refractivity contribution in [3.05, 3.63) is 0 Å². The van der Waals surface area contributed by atoms with E-state index >= 15 is 0 Å². The van der Waals surface area contributed by atoms with Gasteiger partial charge in [0, 0.05) is 25.2 Å². The lowest BCUT2D eigenvalue weighted by Gasteiger charge is -2.56. The second-order valence-electron chi connectivity index (χ2n) is 7.11. The highest BCUT2D eigenvalue weighted by Gasteiger charge is 2.45. The Bertz CT molecular complexity index is 254. The van der Waals surface area contributed by atoms with Crippen molar-refractivity contribution >= 4 is 0 Å². The van der Waals surface area contributed by atoms with Gasteiger partial charge in [-0.3, -0.25) is 9.80 Å². The average Bonchev–Trinajstić information content (AvgIpc) is 2.13. The molecule has 0 N–H and O–H groups in total. The summed E-state index contributed by atoms with van der Waals surface area (Å²) in [5, 5.41) is 0. The monoisotopic (exact) mass is 242 g/mol. The zero-order chi connectivity index (χ0) is 12.7. The molecule has 2 nitrogen and oxygen atoms in total. The van der Waals surface area contributed by atoms with Crippen molar-refractivity contribution in [1.82, 2.24) is 9.80 Å². The van der Waals surface area contributed by atoms with Crippen LogP contribution >= 0.6 is 0 Å². The summed E-state index contributed by atoms with van der Waals surface area (Å²) in [6, 6.07) is 0. The number of hydrogen-bond acceptors (Lipinski definition) is 2. The van der Waals surface area contributed by atoms with Gasteiger partial charge in [0.15, 0.2) is 0 Å². The maximum absolute atomic E-state index is 12.9. The lowest BCUT2D eigenvalue weighted by Crippen LogP contribution is -2.62. The summed E-state index contributed by atoms with van der Waals surface area (Å²) in [6.45, 7) is 13.8. The second kappa shape index (κ2) is 4.51. The molecule has 2 heterocycles. The Labute approximate surface area is 105 Å². The first-order chi connectivity index (χ1) is 7.81. The van der Waals surface area contributed by atoms with E-state index in [9.17, 15) is 4.39 Å². The van der Waals surface area contributed by atoms with Crippen molar-refractivity contribution in [3.63, 3.8) is 0 Å². The Balaban J connectivity index is 1.78. The molecule has 3 heteroatoms. The summed E-state index contributed by atoms with van der Waals surface area (Å²) in [7, 11) is 0. The minimum atomic E-state index is -0.679. The summed E-state index contributed by atoms with van der Waals surface area (Å²) in [6.07, 6.45) is 1.91. The molecule has 2 saturated heterocycles. The van der Waals surface area contributed by atoms with Gasteiger partial charge in [0.2, 0.25) is 0 Å². The smallest absolute Gasteiger partial charge is 0.110 e. The molecule has 1 unspecified atom stereocenters. The molecular weight excluding hydrogens is 215 g/mol. The first-order valence-electron chi connectivity index (χ1n) is 6.92. The molecule has 0 aromatic carbocycles. The van der Waals surface area contributed by atoms with Crippen LogP contribution in [0.2, 0.25) is 0 Å². The molecule has 2 aliphatic heterocycles. The van der Waals surface area contributed by atoms with Gasteiger partial charge in [0.1, 0.15) is 6.17 Å². The van der Waals surface area contributed by atoms with Crippen molar-refractivity contribution in [3.8, 4) is 0 Å². The zero-order valence-corrected chi connectivity index (χ0v) is 11.8. The van der Waals surface area contributed by atoms with E-state index in [1.54, 1.807) is 6.92 Å². The number of likely N-dealkylation sites (tertiary alicyclic amines) is 2. The number of hydrogen-bond donors (Lipinski definition) is 0. The maximum Gasteiger partial charge on any atom is 0.110 e. The fraction of sp³-hybridized carbons (Fsp3) is 1.00. The van der Waals surface area contributed by atoms with E-state index in [0.717, 1.165) is 13.1 Å². The highest BCUT2D eigenvalue weighted by Crippen LogP contribution is 2.41. The molecule has 0 bridgehead atoms. The van der Waals surface area contributed by atoms with Crippen LogP contribution in [0.3, 0.4) is 0 Å². The number of halogens is 1. The molecule has 2 fully saturated rings. The van der Waals surface area contributed by atoms with Crippen LogP contribution < -0.4 is 0 Å². The Morgan fingerprint density at radius 1 is 1.18 bits per heavy atom. The molecular formula is C14H27FN2. The van der Waals surface area contributed by atoms with Gasteiger partial charge in [-0.05, 0) is 59.0 Å². The highest BCUT2D eigenvalue weighted by atomic mass is 19.1. The third kappa shape index (κ3) is 3.00. The Kier molecular flexibility index (Phi) is 3.52. The van der Waals surface area contributed by atoms with Crippen LogP contribution in [0, 0.1) is 5.41 Å². The molecule has 0 aromatic heterocycles. The minimum absolute atomic E-state index is 0.304. The van der Waals surface area contributed by atoms with Crippen LogP contribution in [0.5, 0.6) is 0 Å². The molecule has 0 aromatic rings. The Hall–Kier alpha value is -0.150. The molecule has 1 atom stereocenters. The second-order valence-corrected chi connectivity index (χ2v) is 7.11. The van der Waals surface area contributed by atoms with E-state index in [-0.39, 0.29) is 0 Å². The highest BCUT2D eigenvalue weighted by molar-refractivity contribution is 4.99. The van der Waals surface area contributed by atoms with Gasteiger partial charge in [0.25, 0.3) is 0 Å². The summed E-state index contributed by atoms with van der Waals surface area (Å²) in [4.78, 5) is 4.86. The van der Waals surface area contributed by atoms with Crippen molar-refractivity contribution in [2.75, 3.05) is 32.7 Å². The predicted molar refractivity (Wildman–Crippen MR) is 70.0 cm³/mol. The third-order valence-electron chi connectivity index (χ3n) is 4.40. The van der Waals surface area contributed by atoms with Gasteiger partial charge in [-0.1, -0.05) is 0 Å². The van der Waals surface area contributed by atoms with E-state index in [4.69, 9.17) is 0 Å². The molecule has 17 heavy (non-hydrogen) atoms. The lowest BCUT2D eigenvalue weighted by atomic mass is 9.71. The summed E-state index contributed by atoms with van der Waals surface area (Å²) < 4.78 is 12.9. The Morgan fingerprint density at radius 2 is 1.71 bits per heavy atom. The predicted octanol–water partition coefficient (Wildman–Crippen LogP) is 2.54. The van der Waals surface area contributed by atoms with Crippen molar-refractivity contribution in [1.29, 1.82) is 0 Å². The number of alkyl halides is 1. The average molecular weight is 242 g/mol. The molecule has 0 saturated carbocycles. The van der Waals surface area contributed by atoms with Gasteiger partial charge < -0.3 is 0 Å². The molecule has 0 radical (unpaired) electrons. The van der Waals surface area contributed by atoms with Crippen molar-refractivity contribution < 1.29 is 4.39 Å². The van der Waals surface area contributed by atoms with Gasteiger partial charge in [-0.15, -0.1) is 0 Å². The molecule has 0 aliphatic carbocycles. The summed E-state index contributed by atoms with van der Waals surface area (Å²) >= 11 is 0. The first-order valence-corrected chi connectivity index (χ1v) is 6.92. The fourth-order valence-electron chi connectivity index (χ4n) is 3.36. The minimum Gasteiger partial charge on any atom is -0.299 e. The number of piperidine rings is 1. The molecule has 1 spiro atoms. The van der Waals surface area contributed by atoms with Crippen LogP contribution in [0.1, 0.15) is 40.5 Å². The lowest BCUT2D eigenvalue weighted by molar-refractivity contribution is -0.0678. The van der Waals surface area contributed by atoms with E-state index in [0.29, 0.717) is 17.5 Å². The molecule has 2 aliphatic rings. The van der Waals surface area contributed by atoms with Crippen molar-refractivity contribution in [2.45, 2.75) is 52.2 Å².